The fourth-order valence-electron chi connectivity index (χ4n) is 3.46. The minimum atomic E-state index is -0.0962. The van der Waals surface area contributed by atoms with E-state index in [4.69, 9.17) is 10.7 Å². The quantitative estimate of drug-likeness (QED) is 0.641. The zero-order valence-electron chi connectivity index (χ0n) is 15.9. The molecule has 1 aliphatic heterocycles. The highest BCUT2D eigenvalue weighted by atomic mass is 16.1. The molecule has 1 atom stereocenters. The van der Waals surface area contributed by atoms with Crippen LogP contribution in [-0.4, -0.2) is 46.5 Å². The van der Waals surface area contributed by atoms with Crippen molar-refractivity contribution in [1.29, 1.82) is 0 Å². The van der Waals surface area contributed by atoms with Crippen molar-refractivity contribution in [3.05, 3.63) is 36.4 Å². The van der Waals surface area contributed by atoms with Gasteiger partial charge in [-0.15, -0.1) is 0 Å². The summed E-state index contributed by atoms with van der Waals surface area (Å²) in [6.07, 6.45) is 0. The molecule has 0 bridgehead atoms. The molecule has 8 heteroatoms. The summed E-state index contributed by atoms with van der Waals surface area (Å²) in [5.41, 5.74) is 9.95. The Morgan fingerprint density at radius 3 is 2.68 bits per heavy atom. The Kier molecular flexibility index (Phi) is 4.79. The first kappa shape index (κ1) is 18.1. The summed E-state index contributed by atoms with van der Waals surface area (Å²) >= 11 is 0. The van der Waals surface area contributed by atoms with Crippen LogP contribution in [-0.2, 0) is 4.79 Å². The van der Waals surface area contributed by atoms with Crippen molar-refractivity contribution >= 4 is 34.4 Å². The van der Waals surface area contributed by atoms with Gasteiger partial charge in [-0.1, -0.05) is 12.1 Å². The average molecular weight is 377 g/mol. The maximum atomic E-state index is 11.2. The zero-order chi connectivity index (χ0) is 19.7. The Morgan fingerprint density at radius 2 is 1.96 bits per heavy atom. The molecule has 1 saturated heterocycles. The number of nitrogens with two attached hydrogens (primary N) is 1. The number of carbonyl (C=O) groups is 1. The normalized spacial score (nSPS) is 16.9. The minimum Gasteiger partial charge on any atom is -0.368 e. The third-order valence-electron chi connectivity index (χ3n) is 4.82. The number of carbonyl (C=O) groups excluding carboxylic acids is 1. The Balaban J connectivity index is 1.76. The Bertz CT molecular complexity index is 1020. The lowest BCUT2D eigenvalue weighted by Crippen LogP contribution is -2.50. The lowest BCUT2D eigenvalue weighted by atomic mass is 10.1. The molecule has 2 aromatic heterocycles. The van der Waals surface area contributed by atoms with Gasteiger partial charge < -0.3 is 21.3 Å². The Hall–Kier alpha value is -3.26. The molecule has 3 heterocycles. The summed E-state index contributed by atoms with van der Waals surface area (Å²) in [4.78, 5) is 27.2. The minimum absolute atomic E-state index is 0.0962. The van der Waals surface area contributed by atoms with E-state index in [0.29, 0.717) is 0 Å². The molecule has 0 saturated carbocycles. The highest BCUT2D eigenvalue weighted by Gasteiger charge is 2.23. The van der Waals surface area contributed by atoms with E-state index >= 15 is 0 Å². The van der Waals surface area contributed by atoms with Gasteiger partial charge >= 0.3 is 0 Å². The van der Waals surface area contributed by atoms with Gasteiger partial charge in [0, 0.05) is 43.9 Å². The summed E-state index contributed by atoms with van der Waals surface area (Å²) in [5, 5.41) is 6.16. The van der Waals surface area contributed by atoms with Crippen LogP contribution < -0.4 is 21.3 Å². The van der Waals surface area contributed by atoms with Crippen LogP contribution in [0.1, 0.15) is 13.8 Å². The fourth-order valence-corrected chi connectivity index (χ4v) is 3.46. The van der Waals surface area contributed by atoms with E-state index in [1.54, 1.807) is 0 Å². The number of hydrogen-bond acceptors (Lipinski definition) is 7. The number of pyridine rings is 1. The molecule has 144 valence electrons. The van der Waals surface area contributed by atoms with Crippen molar-refractivity contribution in [2.45, 2.75) is 19.9 Å². The van der Waals surface area contributed by atoms with Gasteiger partial charge in [0.15, 0.2) is 5.82 Å². The van der Waals surface area contributed by atoms with E-state index in [1.807, 2.05) is 36.4 Å². The first-order chi connectivity index (χ1) is 13.5. The molecular weight excluding hydrogens is 354 g/mol. The van der Waals surface area contributed by atoms with Gasteiger partial charge in [0.25, 0.3) is 0 Å². The predicted molar refractivity (Wildman–Crippen MR) is 111 cm³/mol. The van der Waals surface area contributed by atoms with Gasteiger partial charge in [-0.25, -0.2) is 9.97 Å². The standard InChI is InChI=1S/C20H23N7O/c1-12-11-22-9-10-27(12)19-18-17(25-20(21)26-19)8-7-16(24-18)14-3-5-15(6-4-14)23-13(2)28/h3-8,12,22H,9-11H2,1-2H3,(H,23,28)(H2,21,25,26). The van der Waals surface area contributed by atoms with Crippen LogP contribution in [0.2, 0.25) is 0 Å². The van der Waals surface area contributed by atoms with Gasteiger partial charge in [0.2, 0.25) is 11.9 Å². The maximum absolute atomic E-state index is 11.2. The van der Waals surface area contributed by atoms with Crippen LogP contribution in [0.3, 0.4) is 0 Å². The van der Waals surface area contributed by atoms with Crippen molar-refractivity contribution in [3.63, 3.8) is 0 Å². The van der Waals surface area contributed by atoms with Crippen molar-refractivity contribution in [2.75, 3.05) is 35.6 Å². The van der Waals surface area contributed by atoms with Crippen LogP contribution in [0.25, 0.3) is 22.3 Å². The summed E-state index contributed by atoms with van der Waals surface area (Å²) in [6, 6.07) is 11.7. The largest absolute Gasteiger partial charge is 0.368 e. The SMILES string of the molecule is CC(=O)Nc1ccc(-c2ccc3nc(N)nc(N4CCNCC4C)c3n2)cc1. The molecule has 4 N–H and O–H groups in total. The number of nitrogens with one attached hydrogen (secondary N) is 2. The smallest absolute Gasteiger partial charge is 0.222 e. The number of rotatable bonds is 3. The topological polar surface area (TPSA) is 109 Å². The molecule has 0 aliphatic carbocycles. The second-order valence-electron chi connectivity index (χ2n) is 6.97. The number of hydrogen-bond donors (Lipinski definition) is 3. The molecule has 3 aromatic rings. The van der Waals surface area contributed by atoms with Crippen molar-refractivity contribution in [2.24, 2.45) is 0 Å². The number of aromatic nitrogens is 3. The molecule has 0 radical (unpaired) electrons. The van der Waals surface area contributed by atoms with Gasteiger partial charge in [0.1, 0.15) is 5.52 Å². The molecule has 1 unspecified atom stereocenters. The second-order valence-corrected chi connectivity index (χ2v) is 6.97. The Morgan fingerprint density at radius 1 is 1.18 bits per heavy atom. The van der Waals surface area contributed by atoms with E-state index in [2.05, 4.69) is 32.4 Å². The summed E-state index contributed by atoms with van der Waals surface area (Å²) in [5.74, 6) is 0.928. The van der Waals surface area contributed by atoms with Gasteiger partial charge in [0.05, 0.1) is 11.2 Å². The first-order valence-electron chi connectivity index (χ1n) is 9.31. The highest BCUT2D eigenvalue weighted by molar-refractivity contribution is 5.90. The number of nitrogens with zero attached hydrogens (tertiary/aromatic N) is 4. The number of anilines is 3. The third-order valence-corrected chi connectivity index (χ3v) is 4.82. The van der Waals surface area contributed by atoms with E-state index in [0.717, 1.165) is 53.4 Å². The van der Waals surface area contributed by atoms with Crippen molar-refractivity contribution in [3.8, 4) is 11.3 Å². The van der Waals surface area contributed by atoms with E-state index in [1.165, 1.54) is 6.92 Å². The van der Waals surface area contributed by atoms with Gasteiger partial charge in [-0.2, -0.15) is 4.98 Å². The van der Waals surface area contributed by atoms with Crippen LogP contribution >= 0.6 is 0 Å². The number of amides is 1. The number of benzene rings is 1. The summed E-state index contributed by atoms with van der Waals surface area (Å²) in [6.45, 7) is 6.25. The average Bonchev–Trinajstić information content (AvgIpc) is 2.68. The van der Waals surface area contributed by atoms with E-state index in [9.17, 15) is 4.79 Å². The van der Waals surface area contributed by atoms with E-state index in [-0.39, 0.29) is 17.9 Å². The third kappa shape index (κ3) is 3.59. The van der Waals surface area contributed by atoms with Crippen LogP contribution in [0.15, 0.2) is 36.4 Å². The monoisotopic (exact) mass is 377 g/mol. The van der Waals surface area contributed by atoms with Crippen LogP contribution in [0, 0.1) is 0 Å². The molecule has 1 aromatic carbocycles. The van der Waals surface area contributed by atoms with Gasteiger partial charge in [-0.05, 0) is 31.2 Å². The fraction of sp³-hybridized carbons (Fsp3) is 0.300. The predicted octanol–water partition coefficient (Wildman–Crippen LogP) is 2.03. The number of fused-ring (bicyclic) bond motifs is 1. The lowest BCUT2D eigenvalue weighted by molar-refractivity contribution is -0.114. The van der Waals surface area contributed by atoms with Gasteiger partial charge in [-0.3, -0.25) is 4.79 Å². The maximum Gasteiger partial charge on any atom is 0.222 e. The number of nitrogen functional groups attached to an aromatic ring is 1. The summed E-state index contributed by atoms with van der Waals surface area (Å²) < 4.78 is 0. The summed E-state index contributed by atoms with van der Waals surface area (Å²) in [7, 11) is 0. The van der Waals surface area contributed by atoms with Crippen LogP contribution in [0.5, 0.6) is 0 Å². The lowest BCUT2D eigenvalue weighted by Gasteiger charge is -2.35. The molecule has 0 spiro atoms. The molecule has 1 fully saturated rings. The molecule has 28 heavy (non-hydrogen) atoms. The molecule has 1 aliphatic rings. The molecular formula is C20H23N7O. The van der Waals surface area contributed by atoms with Crippen molar-refractivity contribution in [1.82, 2.24) is 20.3 Å². The number of piperazine rings is 1. The molecule has 8 nitrogen and oxygen atoms in total. The van der Waals surface area contributed by atoms with Crippen molar-refractivity contribution < 1.29 is 4.79 Å². The van der Waals surface area contributed by atoms with Crippen LogP contribution in [0.4, 0.5) is 17.5 Å². The molecule has 1 amide bonds. The molecule has 4 rings (SSSR count). The highest BCUT2D eigenvalue weighted by Crippen LogP contribution is 2.28. The second kappa shape index (κ2) is 7.40. The van der Waals surface area contributed by atoms with E-state index < -0.39 is 0 Å². The zero-order valence-corrected chi connectivity index (χ0v) is 15.9. The first-order valence-corrected chi connectivity index (χ1v) is 9.31. The Labute approximate surface area is 163 Å².